The molecule has 0 spiro atoms. The van der Waals surface area contributed by atoms with Gasteiger partial charge in [-0.15, -0.1) is 0 Å². The molecule has 2 rings (SSSR count). The number of nitrogen functional groups attached to an aromatic ring is 1. The van der Waals surface area contributed by atoms with Crippen LogP contribution in [0.3, 0.4) is 0 Å². The molecule has 0 aliphatic rings. The summed E-state index contributed by atoms with van der Waals surface area (Å²) in [5.41, 5.74) is 14.6. The standard InChI is InChI=1S/C16H19N3O/c1-19(10-12-5-4-7-14(17)9-12)11-13-6-2-3-8-15(13)16(18)20/h2-9H,10-11,17H2,1H3,(H2,18,20). The molecule has 0 heterocycles. The lowest BCUT2D eigenvalue weighted by Gasteiger charge is -2.18. The maximum Gasteiger partial charge on any atom is 0.249 e. The molecule has 0 radical (unpaired) electrons. The number of amides is 1. The molecule has 2 aromatic rings. The minimum Gasteiger partial charge on any atom is -0.399 e. The first kappa shape index (κ1) is 14.1. The number of nitrogens with two attached hydrogens (primary N) is 2. The maximum atomic E-state index is 11.4. The SMILES string of the molecule is CN(Cc1cccc(N)c1)Cc1ccccc1C(N)=O. The summed E-state index contributed by atoms with van der Waals surface area (Å²) in [4.78, 5) is 13.5. The highest BCUT2D eigenvalue weighted by Gasteiger charge is 2.09. The summed E-state index contributed by atoms with van der Waals surface area (Å²) >= 11 is 0. The summed E-state index contributed by atoms with van der Waals surface area (Å²) in [6, 6.07) is 15.2. The van der Waals surface area contributed by atoms with Crippen molar-refractivity contribution in [3.8, 4) is 0 Å². The zero-order valence-electron chi connectivity index (χ0n) is 11.5. The van der Waals surface area contributed by atoms with Crippen molar-refractivity contribution in [2.75, 3.05) is 12.8 Å². The fourth-order valence-corrected chi connectivity index (χ4v) is 2.25. The zero-order chi connectivity index (χ0) is 14.5. The quantitative estimate of drug-likeness (QED) is 0.815. The zero-order valence-corrected chi connectivity index (χ0v) is 11.5. The van der Waals surface area contributed by atoms with Crippen LogP contribution in [0.15, 0.2) is 48.5 Å². The lowest BCUT2D eigenvalue weighted by Crippen LogP contribution is -2.21. The predicted molar refractivity (Wildman–Crippen MR) is 81.0 cm³/mol. The van der Waals surface area contributed by atoms with Gasteiger partial charge in [0.1, 0.15) is 0 Å². The van der Waals surface area contributed by atoms with Crippen molar-refractivity contribution < 1.29 is 4.79 Å². The van der Waals surface area contributed by atoms with E-state index in [0.29, 0.717) is 12.1 Å². The van der Waals surface area contributed by atoms with E-state index in [4.69, 9.17) is 11.5 Å². The van der Waals surface area contributed by atoms with E-state index in [-0.39, 0.29) is 0 Å². The van der Waals surface area contributed by atoms with Crippen LogP contribution in [0.2, 0.25) is 0 Å². The number of hydrogen-bond acceptors (Lipinski definition) is 3. The average Bonchev–Trinajstić information content (AvgIpc) is 2.38. The number of anilines is 1. The van der Waals surface area contributed by atoms with Gasteiger partial charge in [0.2, 0.25) is 5.91 Å². The van der Waals surface area contributed by atoms with E-state index >= 15 is 0 Å². The van der Waals surface area contributed by atoms with Crippen LogP contribution in [0.1, 0.15) is 21.5 Å². The Kier molecular flexibility index (Phi) is 4.38. The van der Waals surface area contributed by atoms with Crippen LogP contribution in [0.4, 0.5) is 5.69 Å². The van der Waals surface area contributed by atoms with Crippen LogP contribution in [-0.4, -0.2) is 17.9 Å². The normalized spacial score (nSPS) is 10.7. The Hall–Kier alpha value is -2.33. The molecule has 4 heteroatoms. The fourth-order valence-electron chi connectivity index (χ4n) is 2.25. The van der Waals surface area contributed by atoms with Gasteiger partial charge in [-0.3, -0.25) is 9.69 Å². The lowest BCUT2D eigenvalue weighted by molar-refractivity contribution is 0.0998. The van der Waals surface area contributed by atoms with Crippen molar-refractivity contribution in [1.82, 2.24) is 4.90 Å². The van der Waals surface area contributed by atoms with Crippen LogP contribution in [-0.2, 0) is 13.1 Å². The minimum absolute atomic E-state index is 0.391. The number of rotatable bonds is 5. The van der Waals surface area contributed by atoms with E-state index in [1.807, 2.05) is 49.5 Å². The van der Waals surface area contributed by atoms with Gasteiger partial charge >= 0.3 is 0 Å². The third-order valence-electron chi connectivity index (χ3n) is 3.13. The van der Waals surface area contributed by atoms with Crippen molar-refractivity contribution in [3.63, 3.8) is 0 Å². The second-order valence-electron chi connectivity index (χ2n) is 4.94. The third kappa shape index (κ3) is 3.59. The predicted octanol–water partition coefficient (Wildman–Crippen LogP) is 2.00. The van der Waals surface area contributed by atoms with Crippen LogP contribution in [0.25, 0.3) is 0 Å². The van der Waals surface area contributed by atoms with Gasteiger partial charge in [-0.2, -0.15) is 0 Å². The molecule has 20 heavy (non-hydrogen) atoms. The highest BCUT2D eigenvalue weighted by atomic mass is 16.1. The van der Waals surface area contributed by atoms with Crippen molar-refractivity contribution in [3.05, 3.63) is 65.2 Å². The summed E-state index contributed by atoms with van der Waals surface area (Å²) in [5.74, 6) is -0.391. The number of primary amides is 1. The number of carbonyl (C=O) groups is 1. The number of carbonyl (C=O) groups excluding carboxylic acids is 1. The van der Waals surface area contributed by atoms with Gasteiger partial charge in [-0.1, -0.05) is 30.3 Å². The molecule has 104 valence electrons. The molecule has 0 atom stereocenters. The molecule has 0 aromatic heterocycles. The summed E-state index contributed by atoms with van der Waals surface area (Å²) in [5, 5.41) is 0. The molecule has 0 fully saturated rings. The Labute approximate surface area is 119 Å². The van der Waals surface area contributed by atoms with Gasteiger partial charge in [-0.25, -0.2) is 0 Å². The Balaban J connectivity index is 2.08. The fraction of sp³-hybridized carbons (Fsp3) is 0.188. The molecule has 0 unspecified atom stereocenters. The van der Waals surface area contributed by atoms with Crippen LogP contribution in [0.5, 0.6) is 0 Å². The van der Waals surface area contributed by atoms with Gasteiger partial charge in [0.05, 0.1) is 0 Å². The van der Waals surface area contributed by atoms with Gasteiger partial charge in [0.15, 0.2) is 0 Å². The minimum atomic E-state index is -0.391. The Bertz CT molecular complexity index is 610. The molecule has 1 amide bonds. The van der Waals surface area contributed by atoms with Crippen LogP contribution < -0.4 is 11.5 Å². The van der Waals surface area contributed by atoms with E-state index in [9.17, 15) is 4.79 Å². The van der Waals surface area contributed by atoms with E-state index in [2.05, 4.69) is 4.90 Å². The van der Waals surface area contributed by atoms with Crippen LogP contribution >= 0.6 is 0 Å². The Morgan fingerprint density at radius 1 is 1.10 bits per heavy atom. The van der Waals surface area contributed by atoms with E-state index in [0.717, 1.165) is 23.4 Å². The summed E-state index contributed by atoms with van der Waals surface area (Å²) in [6.45, 7) is 1.42. The van der Waals surface area contributed by atoms with E-state index in [1.54, 1.807) is 6.07 Å². The molecular formula is C16H19N3O. The van der Waals surface area contributed by atoms with Gasteiger partial charge < -0.3 is 11.5 Å². The highest BCUT2D eigenvalue weighted by molar-refractivity contribution is 5.94. The van der Waals surface area contributed by atoms with E-state index < -0.39 is 5.91 Å². The molecule has 0 saturated heterocycles. The first-order valence-electron chi connectivity index (χ1n) is 6.47. The molecular weight excluding hydrogens is 250 g/mol. The number of nitrogens with zero attached hydrogens (tertiary/aromatic N) is 1. The number of hydrogen-bond donors (Lipinski definition) is 2. The highest BCUT2D eigenvalue weighted by Crippen LogP contribution is 2.14. The summed E-state index contributed by atoms with van der Waals surface area (Å²) < 4.78 is 0. The Morgan fingerprint density at radius 2 is 1.85 bits per heavy atom. The molecule has 4 nitrogen and oxygen atoms in total. The van der Waals surface area contributed by atoms with Crippen molar-refractivity contribution in [2.45, 2.75) is 13.1 Å². The first-order chi connectivity index (χ1) is 9.56. The summed E-state index contributed by atoms with van der Waals surface area (Å²) in [6.07, 6.45) is 0. The molecule has 0 bridgehead atoms. The molecule has 0 saturated carbocycles. The number of benzene rings is 2. The van der Waals surface area contributed by atoms with Crippen molar-refractivity contribution in [2.24, 2.45) is 5.73 Å². The second kappa shape index (κ2) is 6.21. The molecule has 0 aliphatic carbocycles. The molecule has 2 aromatic carbocycles. The average molecular weight is 269 g/mol. The van der Waals surface area contributed by atoms with Crippen molar-refractivity contribution >= 4 is 11.6 Å². The van der Waals surface area contributed by atoms with Gasteiger partial charge in [0, 0.05) is 24.3 Å². The van der Waals surface area contributed by atoms with Crippen LogP contribution in [0, 0.1) is 0 Å². The molecule has 4 N–H and O–H groups in total. The first-order valence-corrected chi connectivity index (χ1v) is 6.47. The van der Waals surface area contributed by atoms with Gasteiger partial charge in [-0.05, 0) is 36.4 Å². The second-order valence-corrected chi connectivity index (χ2v) is 4.94. The van der Waals surface area contributed by atoms with E-state index in [1.165, 1.54) is 0 Å². The third-order valence-corrected chi connectivity index (χ3v) is 3.13. The van der Waals surface area contributed by atoms with Crippen molar-refractivity contribution in [1.29, 1.82) is 0 Å². The lowest BCUT2D eigenvalue weighted by atomic mass is 10.1. The van der Waals surface area contributed by atoms with Gasteiger partial charge in [0.25, 0.3) is 0 Å². The largest absolute Gasteiger partial charge is 0.399 e. The smallest absolute Gasteiger partial charge is 0.249 e. The monoisotopic (exact) mass is 269 g/mol. The maximum absolute atomic E-state index is 11.4. The molecule has 0 aliphatic heterocycles. The summed E-state index contributed by atoms with van der Waals surface area (Å²) in [7, 11) is 2.00. The Morgan fingerprint density at radius 3 is 2.55 bits per heavy atom. The topological polar surface area (TPSA) is 72.3 Å².